The molecule has 3 aromatic rings. The maximum atomic E-state index is 12.5. The van der Waals surface area contributed by atoms with Crippen LogP contribution < -0.4 is 4.31 Å². The van der Waals surface area contributed by atoms with E-state index in [1.807, 2.05) is 0 Å². The molecule has 117 valence electrons. The van der Waals surface area contributed by atoms with Crippen LogP contribution in [0.1, 0.15) is 5.56 Å². The summed E-state index contributed by atoms with van der Waals surface area (Å²) in [5.74, 6) is -0.543. The number of phenolic OH excluding ortho intramolecular Hbond substituents is 1. The smallest absolute Gasteiger partial charge is 0.331 e. The zero-order valence-electron chi connectivity index (χ0n) is 11.8. The summed E-state index contributed by atoms with van der Waals surface area (Å²) in [6.07, 6.45) is 4.54. The van der Waals surface area contributed by atoms with Gasteiger partial charge in [0.1, 0.15) is 11.4 Å². The standard InChI is InChI=1S/C15H12N3O4S/c19-10-18(12-3-1-4-13(20)7-12)23(21,22)9-11-8-17-15-14(11)5-2-6-16-15/h1-8,20H,9H2,(H,16,17). The second-order valence-electron chi connectivity index (χ2n) is 4.85. The number of H-pyrrole nitrogens is 1. The molecule has 0 aliphatic rings. The minimum absolute atomic E-state index is 0.0259. The minimum atomic E-state index is -4.01. The third-order valence-electron chi connectivity index (χ3n) is 3.30. The van der Waals surface area contributed by atoms with E-state index < -0.39 is 15.8 Å². The first kappa shape index (κ1) is 15.0. The third-order valence-corrected chi connectivity index (χ3v) is 4.82. The van der Waals surface area contributed by atoms with E-state index in [2.05, 4.69) is 9.97 Å². The summed E-state index contributed by atoms with van der Waals surface area (Å²) in [6.45, 7) is 0. The monoisotopic (exact) mass is 330 g/mol. The molecule has 0 bridgehead atoms. The topological polar surface area (TPSA) is 103 Å². The molecule has 0 saturated heterocycles. The van der Waals surface area contributed by atoms with Gasteiger partial charge < -0.3 is 10.1 Å². The lowest BCUT2D eigenvalue weighted by Crippen LogP contribution is -2.30. The van der Waals surface area contributed by atoms with Crippen molar-refractivity contribution in [1.29, 1.82) is 0 Å². The highest BCUT2D eigenvalue weighted by Crippen LogP contribution is 2.25. The number of nitrogens with one attached hydrogen (secondary N) is 1. The average molecular weight is 330 g/mol. The van der Waals surface area contributed by atoms with Crippen molar-refractivity contribution < 1.29 is 18.3 Å². The number of pyridine rings is 1. The maximum Gasteiger partial charge on any atom is 0.331 e. The van der Waals surface area contributed by atoms with E-state index in [0.717, 1.165) is 0 Å². The Kier molecular flexibility index (Phi) is 3.75. The highest BCUT2D eigenvalue weighted by atomic mass is 32.2. The highest BCUT2D eigenvalue weighted by molar-refractivity contribution is 7.92. The van der Waals surface area contributed by atoms with Gasteiger partial charge in [-0.15, -0.1) is 0 Å². The van der Waals surface area contributed by atoms with Crippen molar-refractivity contribution in [2.45, 2.75) is 5.75 Å². The number of nitrogens with zero attached hydrogens (tertiary/aromatic N) is 2. The number of hydrogen-bond acceptors (Lipinski definition) is 5. The predicted octanol–water partition coefficient (Wildman–Crippen LogP) is 1.67. The van der Waals surface area contributed by atoms with Crippen molar-refractivity contribution in [1.82, 2.24) is 9.97 Å². The van der Waals surface area contributed by atoms with E-state index >= 15 is 0 Å². The summed E-state index contributed by atoms with van der Waals surface area (Å²) in [5.41, 5.74) is 1.09. The molecule has 2 heterocycles. The number of hydrogen-bond donors (Lipinski definition) is 2. The van der Waals surface area contributed by atoms with Crippen LogP contribution in [0.4, 0.5) is 5.69 Å². The molecule has 2 aromatic heterocycles. The molecular formula is C15H12N3O4S. The number of aromatic amines is 1. The summed E-state index contributed by atoms with van der Waals surface area (Å²) in [5, 5.41) is 10.1. The predicted molar refractivity (Wildman–Crippen MR) is 85.0 cm³/mol. The molecule has 0 aliphatic heterocycles. The number of carbonyl (C=O) groups excluding carboxylic acids is 1. The fourth-order valence-electron chi connectivity index (χ4n) is 2.28. The molecule has 0 atom stereocenters. The van der Waals surface area contributed by atoms with Gasteiger partial charge in [-0.3, -0.25) is 4.79 Å². The largest absolute Gasteiger partial charge is 0.508 e. The van der Waals surface area contributed by atoms with Crippen LogP contribution in [0.2, 0.25) is 0 Å². The molecule has 7 nitrogen and oxygen atoms in total. The lowest BCUT2D eigenvalue weighted by molar-refractivity contribution is 0.475. The Balaban J connectivity index is 1.98. The zero-order chi connectivity index (χ0) is 16.4. The number of benzene rings is 1. The van der Waals surface area contributed by atoms with E-state index in [4.69, 9.17) is 0 Å². The Labute approximate surface area is 132 Å². The van der Waals surface area contributed by atoms with Gasteiger partial charge in [-0.25, -0.2) is 13.4 Å². The second-order valence-corrected chi connectivity index (χ2v) is 6.66. The van der Waals surface area contributed by atoms with Gasteiger partial charge in [0.2, 0.25) is 10.0 Å². The van der Waals surface area contributed by atoms with Crippen LogP contribution in [0.3, 0.4) is 0 Å². The van der Waals surface area contributed by atoms with Gasteiger partial charge in [-0.1, -0.05) is 6.07 Å². The summed E-state index contributed by atoms with van der Waals surface area (Å²) < 4.78 is 25.6. The molecule has 23 heavy (non-hydrogen) atoms. The number of rotatable bonds is 5. The van der Waals surface area contributed by atoms with Crippen molar-refractivity contribution in [2.75, 3.05) is 4.31 Å². The van der Waals surface area contributed by atoms with Crippen LogP contribution in [0.25, 0.3) is 11.0 Å². The Morgan fingerprint density at radius 3 is 2.83 bits per heavy atom. The molecule has 0 saturated carbocycles. The van der Waals surface area contributed by atoms with Gasteiger partial charge in [-0.2, -0.15) is 4.31 Å². The number of anilines is 1. The Morgan fingerprint density at radius 2 is 2.09 bits per heavy atom. The van der Waals surface area contributed by atoms with E-state index in [1.54, 1.807) is 24.5 Å². The molecule has 0 fully saturated rings. The Hall–Kier alpha value is -2.87. The van der Waals surface area contributed by atoms with E-state index in [-0.39, 0.29) is 11.4 Å². The van der Waals surface area contributed by atoms with E-state index in [1.165, 1.54) is 30.7 Å². The summed E-state index contributed by atoms with van der Waals surface area (Å²) in [7, 11) is -4.01. The number of phenols is 1. The first-order valence-electron chi connectivity index (χ1n) is 6.62. The molecule has 8 heteroatoms. The molecular weight excluding hydrogens is 318 g/mol. The zero-order valence-corrected chi connectivity index (χ0v) is 12.6. The van der Waals surface area contributed by atoms with Crippen molar-refractivity contribution in [3.8, 4) is 5.75 Å². The number of sulfonamides is 1. The first-order chi connectivity index (χ1) is 11.0. The number of amides is 1. The molecule has 1 amide bonds. The minimum Gasteiger partial charge on any atom is -0.508 e. The van der Waals surface area contributed by atoms with Gasteiger partial charge in [0.25, 0.3) is 0 Å². The van der Waals surface area contributed by atoms with Crippen LogP contribution >= 0.6 is 0 Å². The van der Waals surface area contributed by atoms with E-state index in [0.29, 0.717) is 20.9 Å². The molecule has 0 aliphatic carbocycles. The fourth-order valence-corrected chi connectivity index (χ4v) is 3.59. The molecule has 1 radical (unpaired) electrons. The van der Waals surface area contributed by atoms with Gasteiger partial charge >= 0.3 is 6.41 Å². The molecule has 0 unspecified atom stereocenters. The summed E-state index contributed by atoms with van der Waals surface area (Å²) >= 11 is 0. The number of fused-ring (bicyclic) bond motifs is 1. The van der Waals surface area contributed by atoms with Crippen LogP contribution in [-0.4, -0.2) is 29.9 Å². The van der Waals surface area contributed by atoms with E-state index in [9.17, 15) is 18.3 Å². The number of aromatic nitrogens is 2. The summed E-state index contributed by atoms with van der Waals surface area (Å²) in [4.78, 5) is 18.2. The summed E-state index contributed by atoms with van der Waals surface area (Å²) in [6, 6.07) is 8.85. The van der Waals surface area contributed by atoms with Crippen LogP contribution in [-0.2, 0) is 20.6 Å². The first-order valence-corrected chi connectivity index (χ1v) is 8.23. The molecule has 3 rings (SSSR count). The van der Waals surface area contributed by atoms with Gasteiger partial charge in [0.15, 0.2) is 0 Å². The normalized spacial score (nSPS) is 11.5. The quantitative estimate of drug-likeness (QED) is 0.693. The Morgan fingerprint density at radius 1 is 1.26 bits per heavy atom. The SMILES string of the molecule is O=[C]N(c1cccc(O)c1)S(=O)(=O)Cc1c[nH]c2ncccc12. The van der Waals surface area contributed by atoms with Crippen LogP contribution in [0.5, 0.6) is 5.75 Å². The van der Waals surface area contributed by atoms with Crippen molar-refractivity contribution in [2.24, 2.45) is 0 Å². The van der Waals surface area contributed by atoms with Crippen molar-refractivity contribution in [3.05, 3.63) is 54.4 Å². The fraction of sp³-hybridized carbons (Fsp3) is 0.0667. The highest BCUT2D eigenvalue weighted by Gasteiger charge is 2.25. The van der Waals surface area contributed by atoms with Crippen molar-refractivity contribution in [3.63, 3.8) is 0 Å². The second kappa shape index (κ2) is 5.73. The van der Waals surface area contributed by atoms with Crippen LogP contribution in [0.15, 0.2) is 48.8 Å². The molecule has 1 aromatic carbocycles. The van der Waals surface area contributed by atoms with Gasteiger partial charge in [-0.05, 0) is 29.8 Å². The maximum absolute atomic E-state index is 12.5. The molecule has 2 N–H and O–H groups in total. The lowest BCUT2D eigenvalue weighted by Gasteiger charge is -2.16. The Bertz CT molecular complexity index is 966. The van der Waals surface area contributed by atoms with Gasteiger partial charge in [0.05, 0.1) is 11.4 Å². The lowest BCUT2D eigenvalue weighted by atomic mass is 10.2. The third kappa shape index (κ3) is 2.88. The van der Waals surface area contributed by atoms with Crippen LogP contribution in [0, 0.1) is 0 Å². The average Bonchev–Trinajstić information content (AvgIpc) is 2.90. The molecule has 0 spiro atoms. The van der Waals surface area contributed by atoms with Crippen molar-refractivity contribution >= 4 is 33.2 Å². The van der Waals surface area contributed by atoms with Gasteiger partial charge in [0, 0.05) is 23.8 Å². The number of aromatic hydroxyl groups is 1.